The number of likely N-dealkylation sites (tertiary alicyclic amines) is 1. The lowest BCUT2D eigenvalue weighted by atomic mass is 10.1. The molecule has 1 saturated heterocycles. The summed E-state index contributed by atoms with van der Waals surface area (Å²) in [7, 11) is 0. The molecule has 1 aromatic heterocycles. The molecule has 1 atom stereocenters. The summed E-state index contributed by atoms with van der Waals surface area (Å²) in [5, 5.41) is 0. The van der Waals surface area contributed by atoms with Gasteiger partial charge in [0.2, 0.25) is 0 Å². The van der Waals surface area contributed by atoms with Gasteiger partial charge in [-0.2, -0.15) is 0 Å². The molecule has 0 radical (unpaired) electrons. The van der Waals surface area contributed by atoms with Crippen LogP contribution in [0.2, 0.25) is 0 Å². The molecule has 1 aliphatic rings. The van der Waals surface area contributed by atoms with Gasteiger partial charge < -0.3 is 9.30 Å². The number of nitrogens with zero attached hydrogens (tertiary/aromatic N) is 3. The third-order valence-electron chi connectivity index (χ3n) is 4.48. The minimum Gasteiger partial charge on any atom is -0.491 e. The zero-order chi connectivity index (χ0) is 15.2. The van der Waals surface area contributed by atoms with Crippen molar-refractivity contribution in [3.05, 3.63) is 48.5 Å². The Kier molecular flexibility index (Phi) is 5.11. The summed E-state index contributed by atoms with van der Waals surface area (Å²) in [6.07, 6.45) is 8.21. The van der Waals surface area contributed by atoms with Crippen molar-refractivity contribution in [3.63, 3.8) is 0 Å². The van der Waals surface area contributed by atoms with Gasteiger partial charge in [0.05, 0.1) is 12.9 Å². The van der Waals surface area contributed by atoms with E-state index in [4.69, 9.17) is 4.74 Å². The smallest absolute Gasteiger partial charge is 0.123 e. The van der Waals surface area contributed by atoms with Crippen LogP contribution in [0.1, 0.15) is 25.3 Å². The van der Waals surface area contributed by atoms with Gasteiger partial charge in [0.25, 0.3) is 0 Å². The van der Waals surface area contributed by atoms with Crippen LogP contribution >= 0.6 is 0 Å². The molecule has 0 bridgehead atoms. The summed E-state index contributed by atoms with van der Waals surface area (Å²) in [4.78, 5) is 6.60. The van der Waals surface area contributed by atoms with Gasteiger partial charge in [0.1, 0.15) is 12.4 Å². The highest BCUT2D eigenvalue weighted by atomic mass is 16.5. The Morgan fingerprint density at radius 1 is 1.32 bits per heavy atom. The number of imidazole rings is 1. The van der Waals surface area contributed by atoms with E-state index in [2.05, 4.69) is 41.1 Å². The van der Waals surface area contributed by atoms with Crippen molar-refractivity contribution in [2.24, 2.45) is 5.92 Å². The molecule has 2 heterocycles. The van der Waals surface area contributed by atoms with E-state index in [-0.39, 0.29) is 0 Å². The zero-order valence-corrected chi connectivity index (χ0v) is 13.3. The lowest BCUT2D eigenvalue weighted by Crippen LogP contribution is -2.20. The summed E-state index contributed by atoms with van der Waals surface area (Å²) < 4.78 is 8.04. The van der Waals surface area contributed by atoms with Crippen LogP contribution in [0, 0.1) is 5.92 Å². The fourth-order valence-corrected chi connectivity index (χ4v) is 3.09. The topological polar surface area (TPSA) is 30.3 Å². The SMILES string of the molecule is CC[C@H]1CCN(Cc2ccccc2OCCn2ccnc2)C1. The number of hydrogen-bond donors (Lipinski definition) is 0. The predicted molar refractivity (Wildman–Crippen MR) is 87.8 cm³/mol. The van der Waals surface area contributed by atoms with Crippen molar-refractivity contribution in [3.8, 4) is 5.75 Å². The minimum atomic E-state index is 0.672. The number of benzene rings is 1. The van der Waals surface area contributed by atoms with E-state index in [0.717, 1.165) is 24.8 Å². The number of ether oxygens (including phenoxy) is 1. The summed E-state index contributed by atoms with van der Waals surface area (Å²) in [6.45, 7) is 7.22. The normalized spacial score (nSPS) is 18.7. The molecular weight excluding hydrogens is 274 g/mol. The average molecular weight is 299 g/mol. The highest BCUT2D eigenvalue weighted by Gasteiger charge is 2.21. The van der Waals surface area contributed by atoms with Crippen LogP contribution in [0.25, 0.3) is 0 Å². The molecule has 118 valence electrons. The molecule has 2 aromatic rings. The molecule has 0 N–H and O–H groups in total. The van der Waals surface area contributed by atoms with Crippen LogP contribution in [0.4, 0.5) is 0 Å². The van der Waals surface area contributed by atoms with Crippen molar-refractivity contribution in [2.75, 3.05) is 19.7 Å². The van der Waals surface area contributed by atoms with E-state index in [1.54, 1.807) is 6.20 Å². The monoisotopic (exact) mass is 299 g/mol. The third-order valence-corrected chi connectivity index (χ3v) is 4.48. The van der Waals surface area contributed by atoms with E-state index in [1.807, 2.05) is 17.1 Å². The number of aromatic nitrogens is 2. The first-order valence-electron chi connectivity index (χ1n) is 8.24. The largest absolute Gasteiger partial charge is 0.491 e. The van der Waals surface area contributed by atoms with Crippen molar-refractivity contribution in [2.45, 2.75) is 32.9 Å². The van der Waals surface area contributed by atoms with Gasteiger partial charge in [-0.25, -0.2) is 4.98 Å². The second-order valence-corrected chi connectivity index (χ2v) is 6.05. The molecule has 0 aliphatic carbocycles. The van der Waals surface area contributed by atoms with Crippen molar-refractivity contribution < 1.29 is 4.74 Å². The van der Waals surface area contributed by atoms with Gasteiger partial charge in [-0.3, -0.25) is 4.90 Å². The van der Waals surface area contributed by atoms with E-state index in [0.29, 0.717) is 6.61 Å². The van der Waals surface area contributed by atoms with Crippen molar-refractivity contribution in [1.82, 2.24) is 14.5 Å². The molecular formula is C18H25N3O. The number of para-hydroxylation sites is 1. The predicted octanol–water partition coefficient (Wildman–Crippen LogP) is 3.19. The molecule has 0 saturated carbocycles. The summed E-state index contributed by atoms with van der Waals surface area (Å²) in [5.74, 6) is 1.89. The minimum absolute atomic E-state index is 0.672. The number of hydrogen-bond acceptors (Lipinski definition) is 3. The molecule has 22 heavy (non-hydrogen) atoms. The molecule has 4 nitrogen and oxygen atoms in total. The van der Waals surface area contributed by atoms with Gasteiger partial charge in [0, 0.05) is 31.0 Å². The molecule has 0 spiro atoms. The summed E-state index contributed by atoms with van der Waals surface area (Å²) >= 11 is 0. The van der Waals surface area contributed by atoms with E-state index in [9.17, 15) is 0 Å². The molecule has 4 heteroatoms. The van der Waals surface area contributed by atoms with Gasteiger partial charge in [-0.1, -0.05) is 31.5 Å². The third kappa shape index (κ3) is 3.89. The van der Waals surface area contributed by atoms with Gasteiger partial charge >= 0.3 is 0 Å². The van der Waals surface area contributed by atoms with Crippen LogP contribution in [-0.4, -0.2) is 34.1 Å². The summed E-state index contributed by atoms with van der Waals surface area (Å²) in [6, 6.07) is 8.42. The van der Waals surface area contributed by atoms with Crippen LogP contribution in [0.15, 0.2) is 43.0 Å². The Balaban J connectivity index is 1.55. The molecule has 3 rings (SSSR count). The fourth-order valence-electron chi connectivity index (χ4n) is 3.09. The van der Waals surface area contributed by atoms with Crippen LogP contribution in [0.5, 0.6) is 5.75 Å². The standard InChI is InChI=1S/C18H25N3O/c1-2-16-7-9-21(13-16)14-17-5-3-4-6-18(17)22-12-11-20-10-8-19-15-20/h3-6,8,10,15-16H,2,7,9,11-14H2,1H3/t16-/m0/s1. The Hall–Kier alpha value is -1.81. The average Bonchev–Trinajstić information content (AvgIpc) is 3.20. The maximum atomic E-state index is 6.00. The molecule has 1 aliphatic heterocycles. The quantitative estimate of drug-likeness (QED) is 0.786. The van der Waals surface area contributed by atoms with E-state index in [1.165, 1.54) is 31.5 Å². The van der Waals surface area contributed by atoms with Crippen LogP contribution in [-0.2, 0) is 13.1 Å². The highest BCUT2D eigenvalue weighted by Crippen LogP contribution is 2.25. The van der Waals surface area contributed by atoms with E-state index >= 15 is 0 Å². The van der Waals surface area contributed by atoms with Gasteiger partial charge in [-0.15, -0.1) is 0 Å². The van der Waals surface area contributed by atoms with Gasteiger partial charge in [-0.05, 0) is 24.9 Å². The Bertz CT molecular complexity index is 567. The van der Waals surface area contributed by atoms with Crippen LogP contribution in [0.3, 0.4) is 0 Å². The second-order valence-electron chi connectivity index (χ2n) is 6.05. The molecule has 0 amide bonds. The first kappa shape index (κ1) is 15.1. The van der Waals surface area contributed by atoms with Crippen molar-refractivity contribution >= 4 is 0 Å². The fraction of sp³-hybridized carbons (Fsp3) is 0.500. The number of rotatable bonds is 7. The lowest BCUT2D eigenvalue weighted by molar-refractivity contribution is 0.278. The first-order chi connectivity index (χ1) is 10.8. The maximum absolute atomic E-state index is 6.00. The Morgan fingerprint density at radius 3 is 3.00 bits per heavy atom. The highest BCUT2D eigenvalue weighted by molar-refractivity contribution is 5.33. The molecule has 1 fully saturated rings. The molecule has 1 aromatic carbocycles. The maximum Gasteiger partial charge on any atom is 0.123 e. The summed E-state index contributed by atoms with van der Waals surface area (Å²) in [5.41, 5.74) is 1.30. The zero-order valence-electron chi connectivity index (χ0n) is 13.3. The van der Waals surface area contributed by atoms with E-state index < -0.39 is 0 Å². The first-order valence-corrected chi connectivity index (χ1v) is 8.24. The lowest BCUT2D eigenvalue weighted by Gasteiger charge is -2.18. The van der Waals surface area contributed by atoms with Crippen molar-refractivity contribution in [1.29, 1.82) is 0 Å². The molecule has 0 unspecified atom stereocenters. The van der Waals surface area contributed by atoms with Crippen LogP contribution < -0.4 is 4.74 Å². The second kappa shape index (κ2) is 7.45. The Labute approximate surface area is 132 Å². The Morgan fingerprint density at radius 2 is 2.23 bits per heavy atom. The van der Waals surface area contributed by atoms with Gasteiger partial charge in [0.15, 0.2) is 0 Å².